The molecule has 1 aromatic heterocycles. The van der Waals surface area contributed by atoms with Crippen molar-refractivity contribution >= 4 is 34.3 Å². The molecule has 0 saturated heterocycles. The second-order valence-corrected chi connectivity index (χ2v) is 7.91. The predicted molar refractivity (Wildman–Crippen MR) is 125 cm³/mol. The normalized spacial score (nSPS) is 10.9. The molecule has 0 fully saturated rings. The van der Waals surface area contributed by atoms with Crippen molar-refractivity contribution in [3.63, 3.8) is 0 Å². The highest BCUT2D eigenvalue weighted by molar-refractivity contribution is 7.99. The summed E-state index contributed by atoms with van der Waals surface area (Å²) in [6, 6.07) is 20.7. The van der Waals surface area contributed by atoms with Gasteiger partial charge < -0.3 is 19.6 Å². The van der Waals surface area contributed by atoms with Gasteiger partial charge in [-0.25, -0.2) is 0 Å². The van der Waals surface area contributed by atoms with Crippen molar-refractivity contribution in [2.24, 2.45) is 0 Å². The van der Waals surface area contributed by atoms with E-state index in [4.69, 9.17) is 9.15 Å². The number of methoxy groups -OCH3 is 1. The van der Waals surface area contributed by atoms with Crippen molar-refractivity contribution in [1.29, 1.82) is 0 Å². The molecule has 1 heterocycles. The number of carbonyl (C=O) groups excluding carboxylic acids is 1. The number of hydrogen-bond acceptors (Lipinski definition) is 5. The van der Waals surface area contributed by atoms with Crippen LogP contribution in [0.2, 0.25) is 0 Å². The van der Waals surface area contributed by atoms with Gasteiger partial charge in [-0.1, -0.05) is 24.3 Å². The number of rotatable bonds is 7. The Kier molecular flexibility index (Phi) is 6.18. The van der Waals surface area contributed by atoms with Crippen LogP contribution in [0.5, 0.6) is 11.5 Å². The number of phenols is 1. The number of hydrogen-bond donors (Lipinski definition) is 2. The summed E-state index contributed by atoms with van der Waals surface area (Å²) in [6.45, 7) is 0. The van der Waals surface area contributed by atoms with Crippen LogP contribution in [0.1, 0.15) is 12.0 Å². The largest absolute Gasteiger partial charge is 0.504 e. The third-order valence-electron chi connectivity index (χ3n) is 5.05. The number of furan rings is 1. The predicted octanol–water partition coefficient (Wildman–Crippen LogP) is 6.11. The molecular weight excluding hydrogens is 410 g/mol. The molecule has 1 amide bonds. The van der Waals surface area contributed by atoms with Crippen LogP contribution < -0.4 is 10.1 Å². The second-order valence-electron chi connectivity index (χ2n) is 7.10. The number of aromatic hydroxyl groups is 1. The molecule has 2 N–H and O–H groups in total. The van der Waals surface area contributed by atoms with E-state index in [1.165, 1.54) is 7.11 Å². The fraction of sp³-hybridized carbons (Fsp3) is 0.160. The SMILES string of the molecule is COc1cc(-c2oc3ccc(CCC(=O)Nc4ccccc4)cc3c2SC)ccc1O. The van der Waals surface area contributed by atoms with Gasteiger partial charge in [-0.2, -0.15) is 0 Å². The van der Waals surface area contributed by atoms with E-state index in [9.17, 15) is 9.90 Å². The van der Waals surface area contributed by atoms with E-state index in [-0.39, 0.29) is 11.7 Å². The number of nitrogens with one attached hydrogen (secondary N) is 1. The summed E-state index contributed by atoms with van der Waals surface area (Å²) in [5.74, 6) is 1.21. The van der Waals surface area contributed by atoms with Gasteiger partial charge in [-0.15, -0.1) is 11.8 Å². The van der Waals surface area contributed by atoms with E-state index in [0.29, 0.717) is 18.6 Å². The van der Waals surface area contributed by atoms with E-state index in [1.807, 2.05) is 54.8 Å². The molecule has 0 aliphatic heterocycles. The van der Waals surface area contributed by atoms with Crippen LogP contribution in [-0.4, -0.2) is 24.4 Å². The molecule has 0 saturated carbocycles. The average Bonchev–Trinajstić information content (AvgIpc) is 3.16. The van der Waals surface area contributed by atoms with Gasteiger partial charge in [0.2, 0.25) is 5.91 Å². The number of thioether (sulfide) groups is 1. The lowest BCUT2D eigenvalue weighted by Crippen LogP contribution is -2.12. The van der Waals surface area contributed by atoms with E-state index >= 15 is 0 Å². The van der Waals surface area contributed by atoms with E-state index in [0.717, 1.165) is 38.4 Å². The Balaban J connectivity index is 1.57. The Bertz CT molecular complexity index is 1220. The highest BCUT2D eigenvalue weighted by Crippen LogP contribution is 2.42. The fourth-order valence-electron chi connectivity index (χ4n) is 3.49. The summed E-state index contributed by atoms with van der Waals surface area (Å²) in [4.78, 5) is 13.3. The Hall–Kier alpha value is -3.38. The lowest BCUT2D eigenvalue weighted by atomic mass is 10.1. The van der Waals surface area contributed by atoms with Crippen molar-refractivity contribution in [2.75, 3.05) is 18.7 Å². The average molecular weight is 434 g/mol. The second kappa shape index (κ2) is 9.18. The number of ether oxygens (including phenoxy) is 1. The molecule has 0 bridgehead atoms. The Morgan fingerprint density at radius 3 is 2.65 bits per heavy atom. The third-order valence-corrected chi connectivity index (χ3v) is 5.86. The number of benzene rings is 3. The molecule has 0 spiro atoms. The Labute approximate surface area is 185 Å². The summed E-state index contributed by atoms with van der Waals surface area (Å²) < 4.78 is 11.4. The fourth-order valence-corrected chi connectivity index (χ4v) is 4.22. The van der Waals surface area contributed by atoms with Gasteiger partial charge in [0.1, 0.15) is 11.3 Å². The van der Waals surface area contributed by atoms with E-state index in [1.54, 1.807) is 23.9 Å². The van der Waals surface area contributed by atoms with Crippen molar-refractivity contribution in [3.05, 3.63) is 72.3 Å². The molecule has 6 heteroatoms. The van der Waals surface area contributed by atoms with Gasteiger partial charge >= 0.3 is 0 Å². The van der Waals surface area contributed by atoms with E-state index < -0.39 is 0 Å². The summed E-state index contributed by atoms with van der Waals surface area (Å²) in [6.07, 6.45) is 3.04. The molecule has 0 aliphatic carbocycles. The number of carbonyl (C=O) groups is 1. The molecule has 158 valence electrons. The highest BCUT2D eigenvalue weighted by atomic mass is 32.2. The minimum Gasteiger partial charge on any atom is -0.504 e. The molecule has 4 aromatic rings. The summed E-state index contributed by atoms with van der Waals surface area (Å²) in [5.41, 5.74) is 3.49. The van der Waals surface area contributed by atoms with Gasteiger partial charge in [0.05, 0.1) is 12.0 Å². The number of para-hydroxylation sites is 1. The number of amides is 1. The summed E-state index contributed by atoms with van der Waals surface area (Å²) in [7, 11) is 1.52. The molecule has 4 rings (SSSR count). The first-order valence-electron chi connectivity index (χ1n) is 9.90. The summed E-state index contributed by atoms with van der Waals surface area (Å²) in [5, 5.41) is 13.8. The van der Waals surface area contributed by atoms with Crippen molar-refractivity contribution in [1.82, 2.24) is 0 Å². The van der Waals surface area contributed by atoms with E-state index in [2.05, 4.69) is 11.4 Å². The van der Waals surface area contributed by atoms with Crippen LogP contribution in [0.3, 0.4) is 0 Å². The highest BCUT2D eigenvalue weighted by Gasteiger charge is 2.17. The first kappa shape index (κ1) is 20.9. The lowest BCUT2D eigenvalue weighted by molar-refractivity contribution is -0.116. The zero-order chi connectivity index (χ0) is 21.8. The van der Waals surface area contributed by atoms with Crippen molar-refractivity contribution in [2.45, 2.75) is 17.7 Å². The Morgan fingerprint density at radius 2 is 1.90 bits per heavy atom. The number of aryl methyl sites for hydroxylation is 1. The minimum absolute atomic E-state index is 0.0135. The first-order chi connectivity index (χ1) is 15.1. The molecule has 0 aliphatic rings. The lowest BCUT2D eigenvalue weighted by Gasteiger charge is -2.06. The molecule has 5 nitrogen and oxygen atoms in total. The van der Waals surface area contributed by atoms with Crippen LogP contribution in [-0.2, 0) is 11.2 Å². The maximum Gasteiger partial charge on any atom is 0.224 e. The van der Waals surface area contributed by atoms with Crippen LogP contribution >= 0.6 is 11.8 Å². The maximum atomic E-state index is 12.3. The van der Waals surface area contributed by atoms with Gasteiger partial charge in [0.25, 0.3) is 0 Å². The van der Waals surface area contributed by atoms with Crippen LogP contribution in [0, 0.1) is 0 Å². The first-order valence-corrected chi connectivity index (χ1v) is 11.1. The minimum atomic E-state index is -0.0135. The number of phenolic OH excluding ortho intramolecular Hbond substituents is 1. The zero-order valence-corrected chi connectivity index (χ0v) is 18.2. The van der Waals surface area contributed by atoms with Gasteiger partial charge in [-0.3, -0.25) is 4.79 Å². The topological polar surface area (TPSA) is 71.7 Å². The van der Waals surface area contributed by atoms with Crippen LogP contribution in [0.25, 0.3) is 22.3 Å². The molecule has 31 heavy (non-hydrogen) atoms. The monoisotopic (exact) mass is 433 g/mol. The third kappa shape index (κ3) is 4.54. The molecule has 0 radical (unpaired) electrons. The smallest absolute Gasteiger partial charge is 0.224 e. The van der Waals surface area contributed by atoms with Gasteiger partial charge in [-0.05, 0) is 60.7 Å². The summed E-state index contributed by atoms with van der Waals surface area (Å²) >= 11 is 1.60. The standard InChI is InChI=1S/C25H23NO4S/c1-29-22-15-17(10-11-20(22)27)24-25(31-2)19-14-16(8-12-21(19)30-24)9-13-23(28)26-18-6-4-3-5-7-18/h3-8,10-12,14-15,27H,9,13H2,1-2H3,(H,26,28). The number of fused-ring (bicyclic) bond motifs is 1. The Morgan fingerprint density at radius 1 is 1.10 bits per heavy atom. The maximum absolute atomic E-state index is 12.3. The molecular formula is C25H23NO4S. The molecule has 0 unspecified atom stereocenters. The zero-order valence-electron chi connectivity index (χ0n) is 17.3. The van der Waals surface area contributed by atoms with Crippen LogP contribution in [0.4, 0.5) is 5.69 Å². The molecule has 3 aromatic carbocycles. The molecule has 0 atom stereocenters. The number of anilines is 1. The van der Waals surface area contributed by atoms with Crippen molar-refractivity contribution in [3.8, 4) is 22.8 Å². The van der Waals surface area contributed by atoms with Crippen molar-refractivity contribution < 1.29 is 19.1 Å². The van der Waals surface area contributed by atoms with Gasteiger partial charge in [0.15, 0.2) is 11.5 Å². The van der Waals surface area contributed by atoms with Crippen LogP contribution in [0.15, 0.2) is 76.0 Å². The van der Waals surface area contributed by atoms with Gasteiger partial charge in [0, 0.05) is 23.1 Å². The quantitative estimate of drug-likeness (QED) is 0.344.